The number of rotatable bonds is 2. The molecule has 13 heavy (non-hydrogen) atoms. The summed E-state index contributed by atoms with van der Waals surface area (Å²) in [6.45, 7) is 0. The van der Waals surface area contributed by atoms with Gasteiger partial charge in [0.05, 0.1) is 0 Å². The van der Waals surface area contributed by atoms with Crippen molar-refractivity contribution in [1.82, 2.24) is 0 Å². The third-order valence-electron chi connectivity index (χ3n) is 1.87. The minimum absolute atomic E-state index is 0.935. The van der Waals surface area contributed by atoms with Gasteiger partial charge in [0.25, 0.3) is 0 Å². The van der Waals surface area contributed by atoms with Crippen LogP contribution in [0.1, 0.15) is 0 Å². The number of benzene rings is 1. The van der Waals surface area contributed by atoms with Crippen LogP contribution in [0, 0.1) is 0 Å². The van der Waals surface area contributed by atoms with Crippen LogP contribution in [0.2, 0.25) is 0 Å². The molecule has 0 unspecified atom stereocenters. The Balaban J connectivity index is 2.36. The molecule has 2 rings (SSSR count). The van der Waals surface area contributed by atoms with Gasteiger partial charge in [0.1, 0.15) is 12.0 Å². The zero-order chi connectivity index (χ0) is 9.10. The predicted octanol–water partition coefficient (Wildman–Crippen LogP) is 3.67. The molecule has 0 saturated carbocycles. The molecule has 1 aromatic carbocycles. The van der Waals surface area contributed by atoms with Gasteiger partial charge in [-0.1, -0.05) is 30.3 Å². The molecule has 0 radical (unpaired) electrons. The van der Waals surface area contributed by atoms with E-state index in [9.17, 15) is 0 Å². The summed E-state index contributed by atoms with van der Waals surface area (Å²) in [4.78, 5) is 1.17. The van der Waals surface area contributed by atoms with Crippen molar-refractivity contribution in [2.24, 2.45) is 0 Å². The van der Waals surface area contributed by atoms with Crippen molar-refractivity contribution >= 4 is 11.8 Å². The molecule has 0 aliphatic rings. The summed E-state index contributed by atoms with van der Waals surface area (Å²) in [5.74, 6) is 0.935. The minimum atomic E-state index is 0.935. The monoisotopic (exact) mass is 190 g/mol. The van der Waals surface area contributed by atoms with Crippen LogP contribution in [0.15, 0.2) is 52.0 Å². The normalized spacial score (nSPS) is 10.2. The number of furan rings is 1. The number of hydrogen-bond acceptors (Lipinski definition) is 2. The lowest BCUT2D eigenvalue weighted by atomic mass is 10.2. The van der Waals surface area contributed by atoms with E-state index in [-0.39, 0.29) is 0 Å². The van der Waals surface area contributed by atoms with Gasteiger partial charge in [0.2, 0.25) is 0 Å². The summed E-state index contributed by atoms with van der Waals surface area (Å²) in [5, 5.41) is 0. The fourth-order valence-electron chi connectivity index (χ4n) is 1.18. The second-order valence-corrected chi connectivity index (χ2v) is 3.60. The molecule has 2 heteroatoms. The highest BCUT2D eigenvalue weighted by molar-refractivity contribution is 7.98. The van der Waals surface area contributed by atoms with E-state index in [2.05, 4.69) is 6.07 Å². The molecule has 1 nitrogen and oxygen atoms in total. The number of thioether (sulfide) groups is 1. The predicted molar refractivity (Wildman–Crippen MR) is 55.9 cm³/mol. The Bertz CT molecular complexity index is 378. The van der Waals surface area contributed by atoms with Crippen molar-refractivity contribution in [3.8, 4) is 11.3 Å². The lowest BCUT2D eigenvalue weighted by molar-refractivity contribution is 0.576. The van der Waals surface area contributed by atoms with Gasteiger partial charge in [-0.3, -0.25) is 0 Å². The average molecular weight is 190 g/mol. The van der Waals surface area contributed by atoms with Crippen LogP contribution < -0.4 is 0 Å². The third kappa shape index (κ3) is 1.78. The summed E-state index contributed by atoms with van der Waals surface area (Å²) >= 11 is 1.69. The van der Waals surface area contributed by atoms with Crippen molar-refractivity contribution < 1.29 is 4.42 Å². The maximum atomic E-state index is 5.42. The summed E-state index contributed by atoms with van der Waals surface area (Å²) in [6, 6.07) is 12.2. The van der Waals surface area contributed by atoms with Gasteiger partial charge in [-0.25, -0.2) is 0 Å². The van der Waals surface area contributed by atoms with Gasteiger partial charge < -0.3 is 4.42 Å². The van der Waals surface area contributed by atoms with E-state index < -0.39 is 0 Å². The van der Waals surface area contributed by atoms with Gasteiger partial charge in [-0.15, -0.1) is 11.8 Å². The van der Waals surface area contributed by atoms with Crippen molar-refractivity contribution in [2.75, 3.05) is 6.26 Å². The van der Waals surface area contributed by atoms with Gasteiger partial charge >= 0.3 is 0 Å². The van der Waals surface area contributed by atoms with Crippen molar-refractivity contribution in [1.29, 1.82) is 0 Å². The zero-order valence-corrected chi connectivity index (χ0v) is 8.17. The van der Waals surface area contributed by atoms with E-state index in [4.69, 9.17) is 4.42 Å². The quantitative estimate of drug-likeness (QED) is 0.670. The molecule has 2 aromatic rings. The van der Waals surface area contributed by atoms with Crippen LogP contribution in [0.25, 0.3) is 11.3 Å². The zero-order valence-electron chi connectivity index (χ0n) is 7.36. The maximum Gasteiger partial charge on any atom is 0.135 e. The molecule has 0 saturated heterocycles. The topological polar surface area (TPSA) is 13.1 Å². The highest BCUT2D eigenvalue weighted by atomic mass is 32.2. The van der Waals surface area contributed by atoms with E-state index in [0.717, 1.165) is 11.3 Å². The molecule has 1 heterocycles. The first-order valence-electron chi connectivity index (χ1n) is 4.08. The molecule has 66 valence electrons. The summed E-state index contributed by atoms with van der Waals surface area (Å²) in [5.41, 5.74) is 1.13. The lowest BCUT2D eigenvalue weighted by Gasteiger charge is -1.92. The SMILES string of the molecule is CSc1coc(-c2ccccc2)c1. The maximum absolute atomic E-state index is 5.42. The molecule has 0 atom stereocenters. The van der Waals surface area contributed by atoms with Crippen LogP contribution in [0.3, 0.4) is 0 Å². The molecule has 1 aromatic heterocycles. The molecule has 0 amide bonds. The second-order valence-electron chi connectivity index (χ2n) is 2.72. The summed E-state index contributed by atoms with van der Waals surface area (Å²) < 4.78 is 5.42. The van der Waals surface area contributed by atoms with Crippen molar-refractivity contribution in [3.05, 3.63) is 42.7 Å². The second kappa shape index (κ2) is 3.71. The first kappa shape index (κ1) is 8.45. The smallest absolute Gasteiger partial charge is 0.135 e. The molecule has 0 N–H and O–H groups in total. The molecule has 0 aliphatic carbocycles. The molecular weight excluding hydrogens is 180 g/mol. The number of hydrogen-bond donors (Lipinski definition) is 0. The largest absolute Gasteiger partial charge is 0.463 e. The standard InChI is InChI=1S/C11H10OS/c1-13-10-7-11(12-8-10)9-5-3-2-4-6-9/h2-8H,1H3. The van der Waals surface area contributed by atoms with Gasteiger partial charge in [-0.2, -0.15) is 0 Å². The Hall–Kier alpha value is -1.15. The Labute approximate surface area is 81.8 Å². The van der Waals surface area contributed by atoms with E-state index in [1.165, 1.54) is 4.90 Å². The molecule has 0 aliphatic heterocycles. The Morgan fingerprint density at radius 3 is 2.54 bits per heavy atom. The Morgan fingerprint density at radius 2 is 1.92 bits per heavy atom. The third-order valence-corrected chi connectivity index (χ3v) is 2.55. The van der Waals surface area contributed by atoms with Crippen molar-refractivity contribution in [2.45, 2.75) is 4.90 Å². The van der Waals surface area contributed by atoms with E-state index >= 15 is 0 Å². The molecule has 0 bridgehead atoms. The fourth-order valence-corrected chi connectivity index (χ4v) is 1.55. The van der Waals surface area contributed by atoms with Gasteiger partial charge in [0.15, 0.2) is 0 Å². The van der Waals surface area contributed by atoms with Crippen LogP contribution in [0.5, 0.6) is 0 Å². The van der Waals surface area contributed by atoms with E-state index in [0.29, 0.717) is 0 Å². The Kier molecular flexibility index (Phi) is 2.41. The lowest BCUT2D eigenvalue weighted by Crippen LogP contribution is -1.69. The highest BCUT2D eigenvalue weighted by Crippen LogP contribution is 2.25. The van der Waals surface area contributed by atoms with Crippen LogP contribution in [-0.2, 0) is 0 Å². The molecule has 0 spiro atoms. The molecular formula is C11H10OS. The van der Waals surface area contributed by atoms with Crippen LogP contribution >= 0.6 is 11.8 Å². The average Bonchev–Trinajstić information content (AvgIpc) is 2.67. The fraction of sp³-hybridized carbons (Fsp3) is 0.0909. The first-order chi connectivity index (χ1) is 6.40. The van der Waals surface area contributed by atoms with Gasteiger partial charge in [0, 0.05) is 10.5 Å². The Morgan fingerprint density at radius 1 is 1.15 bits per heavy atom. The van der Waals surface area contributed by atoms with Gasteiger partial charge in [-0.05, 0) is 12.3 Å². The van der Waals surface area contributed by atoms with E-state index in [1.54, 1.807) is 18.0 Å². The van der Waals surface area contributed by atoms with Crippen molar-refractivity contribution in [3.63, 3.8) is 0 Å². The van der Waals surface area contributed by atoms with E-state index in [1.807, 2.05) is 36.6 Å². The van der Waals surface area contributed by atoms with Crippen LogP contribution in [0.4, 0.5) is 0 Å². The molecule has 0 fully saturated rings. The summed E-state index contributed by atoms with van der Waals surface area (Å²) in [6.07, 6.45) is 3.83. The first-order valence-corrected chi connectivity index (χ1v) is 5.30. The summed E-state index contributed by atoms with van der Waals surface area (Å²) in [7, 11) is 0. The van der Waals surface area contributed by atoms with Crippen LogP contribution in [-0.4, -0.2) is 6.26 Å². The highest BCUT2D eigenvalue weighted by Gasteiger charge is 2.01. The minimum Gasteiger partial charge on any atom is -0.463 e.